The van der Waals surface area contributed by atoms with E-state index in [4.69, 9.17) is 11.6 Å². The van der Waals surface area contributed by atoms with Gasteiger partial charge in [-0.3, -0.25) is 25.0 Å². The molecule has 0 fully saturated rings. The molecule has 0 aliphatic carbocycles. The van der Waals surface area contributed by atoms with Crippen LogP contribution in [0.2, 0.25) is 5.02 Å². The van der Waals surface area contributed by atoms with Crippen LogP contribution in [0.4, 0.5) is 17.1 Å². The second-order valence-electron chi connectivity index (χ2n) is 4.77. The Kier molecular flexibility index (Phi) is 4.65. The van der Waals surface area contributed by atoms with Gasteiger partial charge in [-0.05, 0) is 30.4 Å². The number of nitro groups is 2. The summed E-state index contributed by atoms with van der Waals surface area (Å²) in [5.41, 5.74) is -0.845. The zero-order valence-electron chi connectivity index (χ0n) is 12.1. The van der Waals surface area contributed by atoms with Crippen molar-refractivity contribution in [2.45, 2.75) is 6.92 Å². The van der Waals surface area contributed by atoms with Crippen molar-refractivity contribution in [3.05, 3.63) is 66.7 Å². The summed E-state index contributed by atoms with van der Waals surface area (Å²) in [4.78, 5) is 32.2. The summed E-state index contributed by atoms with van der Waals surface area (Å²) in [7, 11) is 0. The number of rotatable bonds is 4. The molecule has 0 saturated heterocycles. The SMILES string of the molecule is Cc1cc([N+](=O)[O-])ccc1NC(=O)c1cc(Cl)cc([N+](=O)[O-])c1[O-]. The second-order valence-corrected chi connectivity index (χ2v) is 5.21. The van der Waals surface area contributed by atoms with Gasteiger partial charge in [0.2, 0.25) is 0 Å². The lowest BCUT2D eigenvalue weighted by Gasteiger charge is -2.15. The molecule has 2 aromatic rings. The van der Waals surface area contributed by atoms with Crippen molar-refractivity contribution in [2.24, 2.45) is 0 Å². The van der Waals surface area contributed by atoms with Crippen LogP contribution in [0.5, 0.6) is 5.75 Å². The molecule has 0 aromatic heterocycles. The highest BCUT2D eigenvalue weighted by Crippen LogP contribution is 2.32. The van der Waals surface area contributed by atoms with Gasteiger partial charge in [-0.1, -0.05) is 11.6 Å². The largest absolute Gasteiger partial charge is 0.867 e. The molecule has 124 valence electrons. The summed E-state index contributed by atoms with van der Waals surface area (Å²) in [6.45, 7) is 1.53. The molecule has 0 atom stereocenters. The zero-order chi connectivity index (χ0) is 18.0. The van der Waals surface area contributed by atoms with E-state index < -0.39 is 32.8 Å². The molecule has 0 aliphatic heterocycles. The second kappa shape index (κ2) is 6.50. The van der Waals surface area contributed by atoms with E-state index in [1.807, 2.05) is 0 Å². The Labute approximate surface area is 139 Å². The van der Waals surface area contributed by atoms with Crippen molar-refractivity contribution in [1.82, 2.24) is 0 Å². The van der Waals surface area contributed by atoms with Crippen LogP contribution < -0.4 is 10.4 Å². The van der Waals surface area contributed by atoms with Crippen molar-refractivity contribution in [3.8, 4) is 5.75 Å². The zero-order valence-corrected chi connectivity index (χ0v) is 12.9. The van der Waals surface area contributed by atoms with E-state index in [2.05, 4.69) is 5.32 Å². The molecule has 24 heavy (non-hydrogen) atoms. The average Bonchev–Trinajstić information content (AvgIpc) is 2.50. The van der Waals surface area contributed by atoms with Crippen LogP contribution in [0.15, 0.2) is 30.3 Å². The van der Waals surface area contributed by atoms with Gasteiger partial charge >= 0.3 is 0 Å². The molecular weight excluding hydrogens is 342 g/mol. The molecule has 0 saturated carbocycles. The molecule has 2 rings (SSSR count). The summed E-state index contributed by atoms with van der Waals surface area (Å²) in [6, 6.07) is 5.61. The van der Waals surface area contributed by atoms with Gasteiger partial charge in [-0.2, -0.15) is 0 Å². The lowest BCUT2D eigenvalue weighted by Crippen LogP contribution is -2.16. The van der Waals surface area contributed by atoms with E-state index in [0.29, 0.717) is 5.56 Å². The number of amides is 1. The van der Waals surface area contributed by atoms with Crippen LogP contribution in [-0.2, 0) is 0 Å². The summed E-state index contributed by atoms with van der Waals surface area (Å²) in [5.74, 6) is -1.97. The molecule has 9 nitrogen and oxygen atoms in total. The summed E-state index contributed by atoms with van der Waals surface area (Å²) in [5, 5.41) is 35.7. The van der Waals surface area contributed by atoms with E-state index >= 15 is 0 Å². The Bertz CT molecular complexity index is 868. The summed E-state index contributed by atoms with van der Waals surface area (Å²) in [6.07, 6.45) is 0. The fourth-order valence-electron chi connectivity index (χ4n) is 1.97. The first kappa shape index (κ1) is 17.2. The number of hydrogen-bond acceptors (Lipinski definition) is 6. The Balaban J connectivity index is 2.37. The summed E-state index contributed by atoms with van der Waals surface area (Å²) >= 11 is 5.70. The number of aryl methyl sites for hydroxylation is 1. The van der Waals surface area contributed by atoms with Crippen molar-refractivity contribution in [1.29, 1.82) is 0 Å². The van der Waals surface area contributed by atoms with Crippen molar-refractivity contribution < 1.29 is 19.7 Å². The minimum absolute atomic E-state index is 0.133. The molecule has 2 aromatic carbocycles. The highest BCUT2D eigenvalue weighted by molar-refractivity contribution is 6.31. The first-order chi connectivity index (χ1) is 11.2. The number of hydrogen-bond donors (Lipinski definition) is 1. The van der Waals surface area contributed by atoms with Gasteiger partial charge in [0.25, 0.3) is 17.3 Å². The van der Waals surface area contributed by atoms with E-state index in [0.717, 1.165) is 12.1 Å². The third-order valence-electron chi connectivity index (χ3n) is 3.14. The number of halogens is 1. The maximum absolute atomic E-state index is 12.2. The van der Waals surface area contributed by atoms with Crippen LogP contribution in [0.25, 0.3) is 0 Å². The molecule has 0 heterocycles. The van der Waals surface area contributed by atoms with Crippen molar-refractivity contribution >= 4 is 34.6 Å². The maximum atomic E-state index is 12.2. The first-order valence-electron chi connectivity index (χ1n) is 6.42. The third-order valence-corrected chi connectivity index (χ3v) is 3.36. The molecule has 10 heteroatoms. The minimum atomic E-state index is -1.07. The number of non-ortho nitro benzene ring substituents is 1. The van der Waals surface area contributed by atoms with E-state index in [9.17, 15) is 30.1 Å². The topological polar surface area (TPSA) is 138 Å². The molecule has 0 aliphatic rings. The Morgan fingerprint density at radius 3 is 2.33 bits per heavy atom. The number of nitrogens with one attached hydrogen (secondary N) is 1. The number of carbonyl (C=O) groups excluding carboxylic acids is 1. The van der Waals surface area contributed by atoms with Crippen LogP contribution in [0.3, 0.4) is 0 Å². The van der Waals surface area contributed by atoms with Gasteiger partial charge in [0.05, 0.1) is 9.85 Å². The monoisotopic (exact) mass is 350 g/mol. The fraction of sp³-hybridized carbons (Fsp3) is 0.0714. The van der Waals surface area contributed by atoms with Crippen LogP contribution >= 0.6 is 11.6 Å². The number of nitro benzene ring substituents is 2. The highest BCUT2D eigenvalue weighted by atomic mass is 35.5. The van der Waals surface area contributed by atoms with Gasteiger partial charge in [0, 0.05) is 34.5 Å². The molecule has 0 radical (unpaired) electrons. The number of benzene rings is 2. The lowest BCUT2D eigenvalue weighted by molar-refractivity contribution is -0.398. The molecular formula is C14H9ClN3O6-. The van der Waals surface area contributed by atoms with Gasteiger partial charge < -0.3 is 10.4 Å². The van der Waals surface area contributed by atoms with E-state index in [1.54, 1.807) is 0 Å². The van der Waals surface area contributed by atoms with Crippen LogP contribution in [0.1, 0.15) is 15.9 Å². The van der Waals surface area contributed by atoms with Crippen LogP contribution in [0, 0.1) is 27.2 Å². The fourth-order valence-corrected chi connectivity index (χ4v) is 2.19. The number of carbonyl (C=O) groups is 1. The maximum Gasteiger partial charge on any atom is 0.269 e. The number of anilines is 1. The average molecular weight is 351 g/mol. The molecule has 1 amide bonds. The standard InChI is InChI=1S/C14H10ClN3O6/c1-7-4-9(17(21)22)2-3-11(7)16-14(20)10-5-8(15)6-12(13(10)19)18(23)24/h2-6,19H,1H3,(H,16,20)/p-1. The quantitative estimate of drug-likeness (QED) is 0.664. The third kappa shape index (κ3) is 3.41. The predicted molar refractivity (Wildman–Crippen MR) is 83.3 cm³/mol. The van der Waals surface area contributed by atoms with Gasteiger partial charge in [0.15, 0.2) is 0 Å². The Morgan fingerprint density at radius 2 is 1.79 bits per heavy atom. The molecule has 0 unspecified atom stereocenters. The van der Waals surface area contributed by atoms with Gasteiger partial charge in [-0.15, -0.1) is 0 Å². The summed E-state index contributed by atoms with van der Waals surface area (Å²) < 4.78 is 0. The van der Waals surface area contributed by atoms with Crippen molar-refractivity contribution in [2.75, 3.05) is 5.32 Å². The Hall–Kier alpha value is -3.20. The van der Waals surface area contributed by atoms with E-state index in [-0.39, 0.29) is 16.4 Å². The highest BCUT2D eigenvalue weighted by Gasteiger charge is 2.18. The van der Waals surface area contributed by atoms with Gasteiger partial charge in [0.1, 0.15) is 0 Å². The van der Waals surface area contributed by atoms with Gasteiger partial charge in [-0.25, -0.2) is 0 Å². The minimum Gasteiger partial charge on any atom is -0.867 e. The normalized spacial score (nSPS) is 10.2. The molecule has 0 spiro atoms. The molecule has 0 bridgehead atoms. The first-order valence-corrected chi connectivity index (χ1v) is 6.80. The van der Waals surface area contributed by atoms with Crippen LogP contribution in [-0.4, -0.2) is 15.8 Å². The molecule has 1 N–H and O–H groups in total. The van der Waals surface area contributed by atoms with E-state index in [1.165, 1.54) is 25.1 Å². The Morgan fingerprint density at radius 1 is 1.12 bits per heavy atom. The smallest absolute Gasteiger partial charge is 0.269 e. The predicted octanol–water partition coefficient (Wildman–Crippen LogP) is 2.79. The lowest BCUT2D eigenvalue weighted by atomic mass is 10.1. The number of nitrogens with zero attached hydrogens (tertiary/aromatic N) is 2. The van der Waals surface area contributed by atoms with Crippen molar-refractivity contribution in [3.63, 3.8) is 0 Å².